The van der Waals surface area contributed by atoms with Crippen LogP contribution in [0.4, 0.5) is 0 Å². The smallest absolute Gasteiger partial charge is 0.105 e. The van der Waals surface area contributed by atoms with Crippen molar-refractivity contribution in [3.63, 3.8) is 0 Å². The SMILES string of the molecule is C=CCN(Cc1ccccc1)[C@H](C=C)[C@@H](O)[C@H](O)CO. The molecule has 0 aliphatic carbocycles. The van der Waals surface area contributed by atoms with Gasteiger partial charge in [0.05, 0.1) is 12.6 Å². The molecule has 1 aromatic rings. The molecule has 1 rings (SSSR count). The quantitative estimate of drug-likeness (QED) is 0.588. The molecule has 0 fully saturated rings. The maximum Gasteiger partial charge on any atom is 0.105 e. The van der Waals surface area contributed by atoms with Gasteiger partial charge in [0.15, 0.2) is 0 Å². The summed E-state index contributed by atoms with van der Waals surface area (Å²) >= 11 is 0. The number of benzene rings is 1. The molecule has 0 unspecified atom stereocenters. The van der Waals surface area contributed by atoms with Crippen molar-refractivity contribution in [2.45, 2.75) is 24.8 Å². The Labute approximate surface area is 120 Å². The van der Waals surface area contributed by atoms with Crippen molar-refractivity contribution in [1.29, 1.82) is 0 Å². The van der Waals surface area contributed by atoms with Gasteiger partial charge in [0.1, 0.15) is 12.2 Å². The third-order valence-corrected chi connectivity index (χ3v) is 3.19. The lowest BCUT2D eigenvalue weighted by molar-refractivity contribution is -0.0469. The summed E-state index contributed by atoms with van der Waals surface area (Å²) in [6.07, 6.45) is 1.02. The molecule has 0 aromatic heterocycles. The predicted molar refractivity (Wildman–Crippen MR) is 80.1 cm³/mol. The van der Waals surface area contributed by atoms with Gasteiger partial charge in [-0.25, -0.2) is 0 Å². The Bertz CT molecular complexity index is 407. The van der Waals surface area contributed by atoms with Crippen molar-refractivity contribution in [2.24, 2.45) is 0 Å². The Kier molecular flexibility index (Phi) is 7.18. The second-order valence-corrected chi connectivity index (χ2v) is 4.67. The van der Waals surface area contributed by atoms with Crippen LogP contribution in [0.1, 0.15) is 5.56 Å². The van der Waals surface area contributed by atoms with E-state index in [1.165, 1.54) is 0 Å². The average Bonchev–Trinajstić information content (AvgIpc) is 2.48. The number of nitrogens with zero attached hydrogens (tertiary/aromatic N) is 1. The van der Waals surface area contributed by atoms with E-state index in [9.17, 15) is 10.2 Å². The minimum Gasteiger partial charge on any atom is -0.394 e. The molecule has 3 N–H and O–H groups in total. The van der Waals surface area contributed by atoms with Crippen LogP contribution in [0.5, 0.6) is 0 Å². The Morgan fingerprint density at radius 1 is 1.15 bits per heavy atom. The molecule has 0 aliphatic rings. The van der Waals surface area contributed by atoms with E-state index >= 15 is 0 Å². The summed E-state index contributed by atoms with van der Waals surface area (Å²) in [7, 11) is 0. The van der Waals surface area contributed by atoms with Crippen molar-refractivity contribution >= 4 is 0 Å². The molecule has 0 saturated heterocycles. The zero-order valence-electron chi connectivity index (χ0n) is 11.6. The first-order valence-corrected chi connectivity index (χ1v) is 6.62. The van der Waals surface area contributed by atoms with Gasteiger partial charge < -0.3 is 15.3 Å². The maximum atomic E-state index is 10.1. The summed E-state index contributed by atoms with van der Waals surface area (Å²) in [5.74, 6) is 0. The van der Waals surface area contributed by atoms with E-state index in [4.69, 9.17) is 5.11 Å². The minimum atomic E-state index is -1.19. The second kappa shape index (κ2) is 8.66. The Balaban J connectivity index is 2.86. The standard InChI is InChI=1S/C16H23NO3/c1-3-10-17(11-13-8-6-5-7-9-13)14(4-2)16(20)15(19)12-18/h3-9,14-16,18-20H,1-2,10-12H2/t14-,15-,16-/m1/s1. The molecule has 4 nitrogen and oxygen atoms in total. The molecule has 0 aliphatic heterocycles. The van der Waals surface area contributed by atoms with Crippen molar-refractivity contribution in [3.8, 4) is 0 Å². The van der Waals surface area contributed by atoms with Crippen LogP contribution in [0.25, 0.3) is 0 Å². The molecule has 20 heavy (non-hydrogen) atoms. The lowest BCUT2D eigenvalue weighted by atomic mass is 10.0. The molecule has 0 radical (unpaired) electrons. The Hall–Kier alpha value is -1.46. The maximum absolute atomic E-state index is 10.1. The number of aliphatic hydroxyl groups excluding tert-OH is 3. The first-order valence-electron chi connectivity index (χ1n) is 6.62. The van der Waals surface area contributed by atoms with Crippen molar-refractivity contribution in [2.75, 3.05) is 13.2 Å². The van der Waals surface area contributed by atoms with Gasteiger partial charge in [-0.05, 0) is 5.56 Å². The van der Waals surface area contributed by atoms with Crippen LogP contribution >= 0.6 is 0 Å². The first kappa shape index (κ1) is 16.6. The molecule has 0 amide bonds. The van der Waals surface area contributed by atoms with E-state index in [0.717, 1.165) is 5.56 Å². The predicted octanol–water partition coefficient (Wildman–Crippen LogP) is 0.943. The summed E-state index contributed by atoms with van der Waals surface area (Å²) in [5, 5.41) is 28.7. The second-order valence-electron chi connectivity index (χ2n) is 4.67. The highest BCUT2D eigenvalue weighted by molar-refractivity contribution is 5.15. The summed E-state index contributed by atoms with van der Waals surface area (Å²) in [4.78, 5) is 1.94. The summed E-state index contributed by atoms with van der Waals surface area (Å²) in [6.45, 7) is 8.08. The van der Waals surface area contributed by atoms with Gasteiger partial charge in [0, 0.05) is 13.1 Å². The molecule has 3 atom stereocenters. The van der Waals surface area contributed by atoms with Gasteiger partial charge in [0.2, 0.25) is 0 Å². The number of aliphatic hydroxyl groups is 3. The third-order valence-electron chi connectivity index (χ3n) is 3.19. The molecule has 0 heterocycles. The molecule has 110 valence electrons. The van der Waals surface area contributed by atoms with Gasteiger partial charge in [-0.3, -0.25) is 4.90 Å². The minimum absolute atomic E-state index is 0.463. The highest BCUT2D eigenvalue weighted by Crippen LogP contribution is 2.14. The molecule has 1 aromatic carbocycles. The zero-order valence-corrected chi connectivity index (χ0v) is 11.6. The van der Waals surface area contributed by atoms with Crippen molar-refractivity contribution in [3.05, 3.63) is 61.2 Å². The largest absolute Gasteiger partial charge is 0.394 e. The van der Waals surface area contributed by atoms with Crippen LogP contribution in [0.2, 0.25) is 0 Å². The molecule has 0 spiro atoms. The Morgan fingerprint density at radius 3 is 2.30 bits per heavy atom. The molecule has 4 heteroatoms. The molecule has 0 saturated carbocycles. The topological polar surface area (TPSA) is 63.9 Å². The highest BCUT2D eigenvalue weighted by Gasteiger charge is 2.28. The van der Waals surface area contributed by atoms with Gasteiger partial charge in [-0.15, -0.1) is 13.2 Å². The normalized spacial score (nSPS) is 15.6. The molecular weight excluding hydrogens is 254 g/mol. The van der Waals surface area contributed by atoms with Gasteiger partial charge in [0.25, 0.3) is 0 Å². The van der Waals surface area contributed by atoms with E-state index in [1.54, 1.807) is 12.2 Å². The van der Waals surface area contributed by atoms with E-state index in [1.807, 2.05) is 35.2 Å². The first-order chi connectivity index (χ1) is 9.63. The fourth-order valence-electron chi connectivity index (χ4n) is 2.12. The van der Waals surface area contributed by atoms with E-state index in [2.05, 4.69) is 13.2 Å². The number of hydrogen-bond donors (Lipinski definition) is 3. The highest BCUT2D eigenvalue weighted by atomic mass is 16.4. The fraction of sp³-hybridized carbons (Fsp3) is 0.375. The van der Waals surface area contributed by atoms with Crippen LogP contribution in [0.3, 0.4) is 0 Å². The van der Waals surface area contributed by atoms with Crippen molar-refractivity contribution in [1.82, 2.24) is 4.90 Å². The van der Waals surface area contributed by atoms with E-state index < -0.39 is 24.9 Å². The summed E-state index contributed by atoms with van der Waals surface area (Å²) in [5.41, 5.74) is 1.09. The van der Waals surface area contributed by atoms with Crippen molar-refractivity contribution < 1.29 is 15.3 Å². The number of hydrogen-bond acceptors (Lipinski definition) is 4. The Morgan fingerprint density at radius 2 is 1.80 bits per heavy atom. The van der Waals surface area contributed by atoms with Crippen LogP contribution < -0.4 is 0 Å². The van der Waals surface area contributed by atoms with E-state index in [-0.39, 0.29) is 0 Å². The van der Waals surface area contributed by atoms with E-state index in [0.29, 0.717) is 13.1 Å². The van der Waals surface area contributed by atoms with Crippen LogP contribution in [0, 0.1) is 0 Å². The lowest BCUT2D eigenvalue weighted by Gasteiger charge is -2.33. The van der Waals surface area contributed by atoms with Gasteiger partial charge >= 0.3 is 0 Å². The fourth-order valence-corrected chi connectivity index (χ4v) is 2.12. The van der Waals surface area contributed by atoms with Gasteiger partial charge in [-0.2, -0.15) is 0 Å². The zero-order chi connectivity index (χ0) is 15.0. The monoisotopic (exact) mass is 277 g/mol. The van der Waals surface area contributed by atoms with Gasteiger partial charge in [-0.1, -0.05) is 42.5 Å². The van der Waals surface area contributed by atoms with Crippen LogP contribution in [-0.4, -0.2) is 51.6 Å². The summed E-state index contributed by atoms with van der Waals surface area (Å²) < 4.78 is 0. The average molecular weight is 277 g/mol. The summed E-state index contributed by atoms with van der Waals surface area (Å²) in [6, 6.07) is 9.36. The molecular formula is C16H23NO3. The van der Waals surface area contributed by atoms with Crippen LogP contribution in [0.15, 0.2) is 55.6 Å². The molecule has 0 bridgehead atoms. The van der Waals surface area contributed by atoms with Crippen LogP contribution in [-0.2, 0) is 6.54 Å². The number of rotatable bonds is 9. The lowest BCUT2D eigenvalue weighted by Crippen LogP contribution is -2.48. The third kappa shape index (κ3) is 4.58.